The second kappa shape index (κ2) is 41.1. The molecule has 2 aliphatic heterocycles. The van der Waals surface area contributed by atoms with E-state index in [9.17, 15) is 74.1 Å². The normalized spacial score (nSPS) is 21.8. The number of aliphatic hydroxyl groups is 2. The van der Waals surface area contributed by atoms with Gasteiger partial charge in [0, 0.05) is 100 Å². The molecule has 0 bridgehead atoms. The van der Waals surface area contributed by atoms with Crippen LogP contribution in [0.2, 0.25) is 0 Å². The highest BCUT2D eigenvalue weighted by Crippen LogP contribution is 2.25. The molecule has 3 heterocycles. The van der Waals surface area contributed by atoms with Gasteiger partial charge in [-0.25, -0.2) is 4.79 Å². The molecule has 2 saturated heterocycles. The summed E-state index contributed by atoms with van der Waals surface area (Å²) in [6.45, 7) is 1.74. The number of fused-ring (bicyclic) bond motifs is 1. The standard InChI is InChI=1S/C66H92N14O19S2/c1-39(81)57-65(97)74-52(64(96)76-58(40(2)82)66(98)99)38-101-100-37-51(73-60(92)48(29-41-11-5-4-6-12-41)69-53(84)33-77-21-23-78(34-54(85)86)25-27-80(36-56(89)90)28-26-79(24-22-77)35-55(87)88)63(95)71-49(30-42-16-18-44(83)19-17-42)61(93)72-50(31-43-32-68-46-14-8-7-13-45(43)46)62(94)70-47(59(91)75-57)15-9-10-20-67-3/h4-8,11-14,16-19,32,39-40,47-52,57-58,67-68,81-83H,9-10,15,20-31,33-38H2,1-3H3,(H,69,84)(H,70,94)(H,71,95)(H,72,93)(H,73,92)(H,74,97)(H,75,91)(H,76,96)(H,85,86)(H,87,88)(H,89,90)(H,98,99)/t39-,40-,47+,48-,49+,50-,51+,52+,57+,58+/m1/s1. The summed E-state index contributed by atoms with van der Waals surface area (Å²) in [6, 6.07) is 8.07. The maximum Gasteiger partial charge on any atom is 0.328 e. The van der Waals surface area contributed by atoms with E-state index in [2.05, 4.69) is 52.8 Å². The maximum absolute atomic E-state index is 15.3. The molecular formula is C66H92N14O19S2. The van der Waals surface area contributed by atoms with Crippen LogP contribution in [0.25, 0.3) is 10.9 Å². The van der Waals surface area contributed by atoms with E-state index >= 15 is 19.2 Å². The van der Waals surface area contributed by atoms with E-state index in [0.717, 1.165) is 28.5 Å². The Kier molecular flexibility index (Phi) is 33.0. The molecule has 552 valence electrons. The van der Waals surface area contributed by atoms with Crippen molar-refractivity contribution in [2.24, 2.45) is 0 Å². The summed E-state index contributed by atoms with van der Waals surface area (Å²) in [6.07, 6.45) is -1.62. The van der Waals surface area contributed by atoms with Crippen molar-refractivity contribution in [1.29, 1.82) is 0 Å². The Morgan fingerprint density at radius 2 is 1.10 bits per heavy atom. The number of hydrogen-bond acceptors (Lipinski definition) is 22. The van der Waals surface area contributed by atoms with Crippen LogP contribution in [0.15, 0.2) is 85.1 Å². The number of amides is 8. The van der Waals surface area contributed by atoms with E-state index in [1.807, 2.05) is 0 Å². The highest BCUT2D eigenvalue weighted by atomic mass is 33.1. The molecule has 0 spiro atoms. The molecule has 0 radical (unpaired) electrons. The largest absolute Gasteiger partial charge is 0.508 e. The number of aromatic amines is 1. The van der Waals surface area contributed by atoms with Gasteiger partial charge in [-0.3, -0.25) is 72.3 Å². The summed E-state index contributed by atoms with van der Waals surface area (Å²) in [5, 5.41) is 95.7. The van der Waals surface area contributed by atoms with E-state index in [1.54, 1.807) is 87.4 Å². The molecule has 1 aromatic heterocycles. The fourth-order valence-corrected chi connectivity index (χ4v) is 13.6. The zero-order valence-corrected chi connectivity index (χ0v) is 58.0. The molecule has 0 unspecified atom stereocenters. The summed E-state index contributed by atoms with van der Waals surface area (Å²) in [7, 11) is 3.39. The summed E-state index contributed by atoms with van der Waals surface area (Å²) in [4.78, 5) is 176. The monoisotopic (exact) mass is 1450 g/mol. The molecular weight excluding hydrogens is 1360 g/mol. The van der Waals surface area contributed by atoms with Crippen LogP contribution in [0.5, 0.6) is 5.75 Å². The number of aromatic nitrogens is 1. The topological polar surface area (TPSA) is 483 Å². The number of unbranched alkanes of at least 4 members (excludes halogenated alkanes) is 1. The number of phenols is 1. The molecule has 33 nitrogen and oxygen atoms in total. The molecule has 0 aliphatic carbocycles. The number of carboxylic acid groups (broad SMARTS) is 4. The van der Waals surface area contributed by atoms with Crippen molar-refractivity contribution in [2.75, 3.05) is 104 Å². The van der Waals surface area contributed by atoms with Crippen LogP contribution < -0.4 is 47.9 Å². The van der Waals surface area contributed by atoms with Crippen LogP contribution in [0.3, 0.4) is 0 Å². The van der Waals surface area contributed by atoms with Gasteiger partial charge < -0.3 is 88.6 Å². The molecule has 101 heavy (non-hydrogen) atoms. The molecule has 2 fully saturated rings. The lowest BCUT2D eigenvalue weighted by atomic mass is 10.0. The van der Waals surface area contributed by atoms with Gasteiger partial charge in [-0.15, -0.1) is 0 Å². The average Bonchev–Trinajstić information content (AvgIpc) is 1.79. The number of nitrogens with zero attached hydrogens (tertiary/aromatic N) is 4. The number of para-hydroxylation sites is 1. The zero-order valence-electron chi connectivity index (χ0n) is 56.3. The lowest BCUT2D eigenvalue weighted by molar-refractivity contribution is -0.145. The first-order valence-electron chi connectivity index (χ1n) is 33.0. The molecule has 2 aliphatic rings. The molecule has 6 rings (SSSR count). The highest BCUT2D eigenvalue weighted by molar-refractivity contribution is 8.76. The summed E-state index contributed by atoms with van der Waals surface area (Å²) < 4.78 is 0. The summed E-state index contributed by atoms with van der Waals surface area (Å²) in [5.74, 6) is -13.9. The Labute approximate surface area is 590 Å². The van der Waals surface area contributed by atoms with Crippen molar-refractivity contribution in [1.82, 2.24) is 72.4 Å². The van der Waals surface area contributed by atoms with E-state index in [-0.39, 0.29) is 90.3 Å². The van der Waals surface area contributed by atoms with E-state index in [0.29, 0.717) is 47.0 Å². The third kappa shape index (κ3) is 27.5. The average molecular weight is 1450 g/mol. The van der Waals surface area contributed by atoms with Crippen LogP contribution in [0, 0.1) is 0 Å². The number of carbonyl (C=O) groups excluding carboxylic acids is 8. The van der Waals surface area contributed by atoms with E-state index < -0.39 is 163 Å². The van der Waals surface area contributed by atoms with Gasteiger partial charge in [0.15, 0.2) is 6.04 Å². The number of rotatable bonds is 27. The number of benzene rings is 3. The van der Waals surface area contributed by atoms with Gasteiger partial charge in [-0.2, -0.15) is 0 Å². The van der Waals surface area contributed by atoms with Gasteiger partial charge in [-0.05, 0) is 81.6 Å². The molecule has 8 amide bonds. The lowest BCUT2D eigenvalue weighted by Gasteiger charge is -2.33. The van der Waals surface area contributed by atoms with Crippen molar-refractivity contribution in [3.8, 4) is 5.75 Å². The number of nitrogens with one attached hydrogen (secondary N) is 10. The second-order valence-electron chi connectivity index (χ2n) is 24.8. The Hall–Kier alpha value is -8.94. The van der Waals surface area contributed by atoms with Crippen LogP contribution in [0.1, 0.15) is 49.8 Å². The Bertz CT molecular complexity index is 3430. The number of aliphatic hydroxyl groups excluding tert-OH is 2. The first-order chi connectivity index (χ1) is 48.2. The molecule has 35 heteroatoms. The SMILES string of the molecule is CNCCCC[C@@H]1NC(=O)[C@@H](Cc2c[nH]c3ccccc23)NC(=O)[C@H](Cc2ccc(O)cc2)NC(=O)[C@@H](NC(=O)[C@@H](Cc2ccccc2)NC(=O)CN2CCN(CC(=O)O)CCN(CC(=O)O)CCN(CC(=O)O)CC2)CSSC[C@@H](C(=O)N[C@H](C(=O)O)[C@@H](C)O)NC(=O)[C@H]([C@@H](C)O)NC1=O. The molecule has 0 saturated carbocycles. The number of aliphatic carboxylic acids is 4. The van der Waals surface area contributed by atoms with Crippen LogP contribution >= 0.6 is 21.6 Å². The first kappa shape index (κ1) is 81.0. The number of carbonyl (C=O) groups is 12. The van der Waals surface area contributed by atoms with Crippen molar-refractivity contribution in [3.05, 3.63) is 102 Å². The molecule has 4 aromatic rings. The fourth-order valence-electron chi connectivity index (χ4n) is 11.3. The van der Waals surface area contributed by atoms with Crippen molar-refractivity contribution in [2.45, 2.75) is 113 Å². The van der Waals surface area contributed by atoms with Gasteiger partial charge in [-0.1, -0.05) is 82.3 Å². The zero-order chi connectivity index (χ0) is 73.7. The maximum atomic E-state index is 15.3. The number of carboxylic acids is 4. The van der Waals surface area contributed by atoms with E-state index in [1.165, 1.54) is 31.2 Å². The molecule has 10 atom stereocenters. The number of hydrogen-bond donors (Lipinski definition) is 17. The summed E-state index contributed by atoms with van der Waals surface area (Å²) in [5.41, 5.74) is 2.16. The number of phenolic OH excluding ortho intramolecular Hbond substituents is 1. The van der Waals surface area contributed by atoms with Crippen LogP contribution in [0.4, 0.5) is 0 Å². The van der Waals surface area contributed by atoms with Gasteiger partial charge in [0.25, 0.3) is 0 Å². The molecule has 17 N–H and O–H groups in total. The third-order valence-electron chi connectivity index (χ3n) is 16.8. The van der Waals surface area contributed by atoms with Crippen LogP contribution in [-0.2, 0) is 76.8 Å². The Balaban J connectivity index is 1.41. The minimum Gasteiger partial charge on any atom is -0.508 e. The molecule has 3 aromatic carbocycles. The predicted molar refractivity (Wildman–Crippen MR) is 372 cm³/mol. The van der Waals surface area contributed by atoms with E-state index in [4.69, 9.17) is 0 Å². The lowest BCUT2D eigenvalue weighted by Crippen LogP contribution is -2.62. The summed E-state index contributed by atoms with van der Waals surface area (Å²) >= 11 is 0. The second-order valence-corrected chi connectivity index (χ2v) is 27.3. The van der Waals surface area contributed by atoms with Gasteiger partial charge in [0.2, 0.25) is 47.3 Å². The minimum absolute atomic E-state index is 0.0416. The predicted octanol–water partition coefficient (Wildman–Crippen LogP) is -3.11. The third-order valence-corrected chi connectivity index (χ3v) is 19.2. The first-order valence-corrected chi connectivity index (χ1v) is 35.5. The Morgan fingerprint density at radius 1 is 0.574 bits per heavy atom. The van der Waals surface area contributed by atoms with Crippen molar-refractivity contribution >= 4 is 104 Å². The van der Waals surface area contributed by atoms with Crippen molar-refractivity contribution in [3.63, 3.8) is 0 Å². The highest BCUT2D eigenvalue weighted by Gasteiger charge is 2.38. The smallest absolute Gasteiger partial charge is 0.328 e. The van der Waals surface area contributed by atoms with Gasteiger partial charge in [0.1, 0.15) is 48.0 Å². The quantitative estimate of drug-likeness (QED) is 0.0207. The Morgan fingerprint density at radius 3 is 1.65 bits per heavy atom. The number of H-pyrrole nitrogens is 1. The van der Waals surface area contributed by atoms with Gasteiger partial charge in [0.05, 0.1) is 38.4 Å². The fraction of sp³-hybridized carbons (Fsp3) is 0.515. The number of aromatic hydroxyl groups is 1. The van der Waals surface area contributed by atoms with Crippen LogP contribution in [-0.4, -0.2) is 296 Å². The van der Waals surface area contributed by atoms with Crippen molar-refractivity contribution < 1.29 is 93.3 Å². The van der Waals surface area contributed by atoms with Gasteiger partial charge >= 0.3 is 23.9 Å². The minimum atomic E-state index is -1.91.